The summed E-state index contributed by atoms with van der Waals surface area (Å²) in [6, 6.07) is 2.22. The number of hydrogen-bond donors (Lipinski definition) is 2. The molecule has 1 aliphatic rings. The number of aromatic amines is 1. The Morgan fingerprint density at radius 3 is 3.00 bits per heavy atom. The van der Waals surface area contributed by atoms with Crippen LogP contribution in [0.4, 0.5) is 0 Å². The van der Waals surface area contributed by atoms with E-state index in [2.05, 4.69) is 17.1 Å². The Morgan fingerprint density at radius 1 is 1.71 bits per heavy atom. The average Bonchev–Trinajstić information content (AvgIpc) is 2.85. The first-order valence-electron chi connectivity index (χ1n) is 6.10. The van der Waals surface area contributed by atoms with E-state index in [0.29, 0.717) is 18.9 Å². The zero-order valence-corrected chi connectivity index (χ0v) is 10.4. The van der Waals surface area contributed by atoms with Gasteiger partial charge in [-0.15, -0.1) is 0 Å². The Hall–Kier alpha value is -1.36. The van der Waals surface area contributed by atoms with Gasteiger partial charge in [-0.2, -0.15) is 5.10 Å². The predicted octanol–water partition coefficient (Wildman–Crippen LogP) is 0.456. The summed E-state index contributed by atoms with van der Waals surface area (Å²) in [5, 5.41) is 7.13. The minimum atomic E-state index is 0.196. The van der Waals surface area contributed by atoms with Crippen LogP contribution in [0.1, 0.15) is 24.7 Å². The van der Waals surface area contributed by atoms with Crippen LogP contribution < -0.4 is 5.73 Å². The predicted molar refractivity (Wildman–Crippen MR) is 65.4 cm³/mol. The monoisotopic (exact) mass is 236 g/mol. The Kier molecular flexibility index (Phi) is 3.47. The molecular weight excluding hydrogens is 216 g/mol. The van der Waals surface area contributed by atoms with Crippen molar-refractivity contribution in [1.29, 1.82) is 0 Å². The number of aryl methyl sites for hydroxylation is 1. The average molecular weight is 236 g/mol. The van der Waals surface area contributed by atoms with Gasteiger partial charge in [-0.25, -0.2) is 0 Å². The number of amides is 1. The molecule has 1 aromatic rings. The molecule has 0 spiro atoms. The maximum Gasteiger partial charge on any atom is 0.223 e. The summed E-state index contributed by atoms with van der Waals surface area (Å²) in [5.74, 6) is 0.547. The molecule has 5 heteroatoms. The second-order valence-electron chi connectivity index (χ2n) is 4.95. The zero-order valence-electron chi connectivity index (χ0n) is 10.4. The molecule has 0 bridgehead atoms. The third-order valence-corrected chi connectivity index (χ3v) is 3.37. The molecule has 5 nitrogen and oxygen atoms in total. The van der Waals surface area contributed by atoms with Gasteiger partial charge in [0.1, 0.15) is 0 Å². The Bertz CT molecular complexity index is 401. The van der Waals surface area contributed by atoms with Crippen LogP contribution in [-0.2, 0) is 11.2 Å². The van der Waals surface area contributed by atoms with E-state index in [4.69, 9.17) is 5.73 Å². The van der Waals surface area contributed by atoms with Crippen LogP contribution in [-0.4, -0.2) is 40.1 Å². The van der Waals surface area contributed by atoms with Crippen LogP contribution in [0.3, 0.4) is 0 Å². The molecule has 1 aliphatic heterocycles. The smallest absolute Gasteiger partial charge is 0.223 e. The largest absolute Gasteiger partial charge is 0.339 e. The summed E-state index contributed by atoms with van der Waals surface area (Å²) in [6.07, 6.45) is 1.40. The van der Waals surface area contributed by atoms with E-state index in [1.807, 2.05) is 17.9 Å². The van der Waals surface area contributed by atoms with Gasteiger partial charge in [-0.1, -0.05) is 0 Å². The molecule has 1 amide bonds. The lowest BCUT2D eigenvalue weighted by Crippen LogP contribution is -2.36. The third-order valence-electron chi connectivity index (χ3n) is 3.37. The molecule has 94 valence electrons. The van der Waals surface area contributed by atoms with Crippen LogP contribution in [0.5, 0.6) is 0 Å². The highest BCUT2D eigenvalue weighted by Gasteiger charge is 2.31. The van der Waals surface area contributed by atoms with Gasteiger partial charge in [0.2, 0.25) is 5.91 Å². The van der Waals surface area contributed by atoms with Crippen molar-refractivity contribution in [2.75, 3.05) is 13.1 Å². The SMILES string of the molecule is Cc1cc(CC(C)N2CC(CN)CC2=O)n[nH]1. The third kappa shape index (κ3) is 2.66. The summed E-state index contributed by atoms with van der Waals surface area (Å²) in [7, 11) is 0. The lowest BCUT2D eigenvalue weighted by molar-refractivity contribution is -0.129. The highest BCUT2D eigenvalue weighted by atomic mass is 16.2. The van der Waals surface area contributed by atoms with Crippen LogP contribution >= 0.6 is 0 Å². The Morgan fingerprint density at radius 2 is 2.47 bits per heavy atom. The van der Waals surface area contributed by atoms with Crippen molar-refractivity contribution >= 4 is 5.91 Å². The highest BCUT2D eigenvalue weighted by molar-refractivity contribution is 5.79. The summed E-state index contributed by atoms with van der Waals surface area (Å²) in [5.41, 5.74) is 7.69. The highest BCUT2D eigenvalue weighted by Crippen LogP contribution is 2.20. The summed E-state index contributed by atoms with van der Waals surface area (Å²) >= 11 is 0. The van der Waals surface area contributed by atoms with Gasteiger partial charge in [-0.3, -0.25) is 9.89 Å². The number of aromatic nitrogens is 2. The zero-order chi connectivity index (χ0) is 12.4. The van der Waals surface area contributed by atoms with Crippen LogP contribution in [0, 0.1) is 12.8 Å². The quantitative estimate of drug-likeness (QED) is 0.797. The van der Waals surface area contributed by atoms with E-state index >= 15 is 0 Å². The number of H-pyrrole nitrogens is 1. The van der Waals surface area contributed by atoms with Crippen molar-refractivity contribution in [2.45, 2.75) is 32.7 Å². The number of hydrogen-bond acceptors (Lipinski definition) is 3. The first kappa shape index (κ1) is 12.1. The van der Waals surface area contributed by atoms with Crippen molar-refractivity contribution in [3.63, 3.8) is 0 Å². The van der Waals surface area contributed by atoms with Crippen molar-refractivity contribution < 1.29 is 4.79 Å². The van der Waals surface area contributed by atoms with Gasteiger partial charge in [0.15, 0.2) is 0 Å². The first-order valence-corrected chi connectivity index (χ1v) is 6.10. The molecule has 0 aromatic carbocycles. The molecule has 2 heterocycles. The fourth-order valence-electron chi connectivity index (χ4n) is 2.38. The number of carbonyl (C=O) groups excluding carboxylic acids is 1. The van der Waals surface area contributed by atoms with Gasteiger partial charge in [0, 0.05) is 31.1 Å². The van der Waals surface area contributed by atoms with Gasteiger partial charge in [0.05, 0.1) is 5.69 Å². The van der Waals surface area contributed by atoms with Gasteiger partial charge in [-0.05, 0) is 32.4 Å². The Balaban J connectivity index is 1.96. The molecule has 17 heavy (non-hydrogen) atoms. The topological polar surface area (TPSA) is 75.0 Å². The second-order valence-corrected chi connectivity index (χ2v) is 4.95. The fraction of sp³-hybridized carbons (Fsp3) is 0.667. The molecule has 0 aliphatic carbocycles. The number of carbonyl (C=O) groups is 1. The molecule has 1 fully saturated rings. The van der Waals surface area contributed by atoms with Crippen molar-refractivity contribution in [3.05, 3.63) is 17.5 Å². The van der Waals surface area contributed by atoms with E-state index in [-0.39, 0.29) is 11.9 Å². The maximum absolute atomic E-state index is 11.8. The fourth-order valence-corrected chi connectivity index (χ4v) is 2.38. The van der Waals surface area contributed by atoms with Crippen molar-refractivity contribution in [1.82, 2.24) is 15.1 Å². The van der Waals surface area contributed by atoms with E-state index in [0.717, 1.165) is 24.4 Å². The number of nitrogens with zero attached hydrogens (tertiary/aromatic N) is 2. The van der Waals surface area contributed by atoms with Gasteiger partial charge < -0.3 is 10.6 Å². The minimum absolute atomic E-state index is 0.196. The van der Waals surface area contributed by atoms with E-state index in [1.165, 1.54) is 0 Å². The summed E-state index contributed by atoms with van der Waals surface area (Å²) in [4.78, 5) is 13.8. The number of nitrogens with two attached hydrogens (primary N) is 1. The maximum atomic E-state index is 11.8. The van der Waals surface area contributed by atoms with E-state index in [1.54, 1.807) is 0 Å². The van der Waals surface area contributed by atoms with E-state index in [9.17, 15) is 4.79 Å². The van der Waals surface area contributed by atoms with Crippen molar-refractivity contribution in [3.8, 4) is 0 Å². The number of rotatable bonds is 4. The normalized spacial score (nSPS) is 22.2. The van der Waals surface area contributed by atoms with Crippen LogP contribution in [0.25, 0.3) is 0 Å². The minimum Gasteiger partial charge on any atom is -0.339 e. The summed E-state index contributed by atoms with van der Waals surface area (Å²) in [6.45, 7) is 5.43. The van der Waals surface area contributed by atoms with Crippen molar-refractivity contribution in [2.24, 2.45) is 11.7 Å². The lowest BCUT2D eigenvalue weighted by Gasteiger charge is -2.24. The molecular formula is C12H20N4O. The van der Waals surface area contributed by atoms with Gasteiger partial charge in [0.25, 0.3) is 0 Å². The first-order chi connectivity index (χ1) is 8.10. The molecule has 2 unspecified atom stereocenters. The molecule has 3 N–H and O–H groups in total. The van der Waals surface area contributed by atoms with E-state index < -0.39 is 0 Å². The molecule has 2 atom stereocenters. The van der Waals surface area contributed by atoms with Gasteiger partial charge >= 0.3 is 0 Å². The second kappa shape index (κ2) is 4.87. The standard InChI is InChI=1S/C12H20N4O/c1-8-3-11(15-14-8)4-9(2)16-7-10(6-13)5-12(16)17/h3,9-10H,4-7,13H2,1-2H3,(H,14,15). The summed E-state index contributed by atoms with van der Waals surface area (Å²) < 4.78 is 0. The molecule has 2 rings (SSSR count). The molecule has 0 radical (unpaired) electrons. The molecule has 0 saturated carbocycles. The molecule has 1 saturated heterocycles. The lowest BCUT2D eigenvalue weighted by atomic mass is 10.1. The number of likely N-dealkylation sites (tertiary alicyclic amines) is 1. The van der Waals surface area contributed by atoms with Crippen LogP contribution in [0.15, 0.2) is 6.07 Å². The number of nitrogens with one attached hydrogen (secondary N) is 1. The van der Waals surface area contributed by atoms with Crippen LogP contribution in [0.2, 0.25) is 0 Å². The Labute approximate surface area is 101 Å². The molecule has 1 aromatic heterocycles.